The number of nitrogens with one attached hydrogen (secondary N) is 1. The van der Waals surface area contributed by atoms with Crippen molar-refractivity contribution in [2.24, 2.45) is 5.73 Å². The standard InChI is InChI=1S/C14H20BrClN2O/c1-3-5-8-14(4-2,13(17)19)18-10-6-7-12(16)11(15)9-10/h6-7,9,18H,3-5,8H2,1-2H3,(H2,17,19). The van der Waals surface area contributed by atoms with E-state index in [2.05, 4.69) is 28.2 Å². The highest BCUT2D eigenvalue weighted by Crippen LogP contribution is 2.29. The molecule has 106 valence electrons. The minimum atomic E-state index is -0.691. The molecule has 1 amide bonds. The molecule has 5 heteroatoms. The Balaban J connectivity index is 2.98. The minimum Gasteiger partial charge on any atom is -0.371 e. The predicted molar refractivity (Wildman–Crippen MR) is 84.5 cm³/mol. The zero-order chi connectivity index (χ0) is 14.5. The van der Waals surface area contributed by atoms with Gasteiger partial charge >= 0.3 is 0 Å². The lowest BCUT2D eigenvalue weighted by Crippen LogP contribution is -2.50. The monoisotopic (exact) mass is 346 g/mol. The number of carbonyl (C=O) groups is 1. The average molecular weight is 348 g/mol. The van der Waals surface area contributed by atoms with Crippen LogP contribution in [0.2, 0.25) is 5.02 Å². The van der Waals surface area contributed by atoms with Gasteiger partial charge < -0.3 is 11.1 Å². The van der Waals surface area contributed by atoms with Crippen molar-refractivity contribution in [3.8, 4) is 0 Å². The summed E-state index contributed by atoms with van der Waals surface area (Å²) in [5, 5.41) is 3.92. The molecule has 0 spiro atoms. The molecule has 0 radical (unpaired) electrons. The van der Waals surface area contributed by atoms with E-state index in [0.717, 1.165) is 29.4 Å². The van der Waals surface area contributed by atoms with Crippen LogP contribution in [0.4, 0.5) is 5.69 Å². The zero-order valence-electron chi connectivity index (χ0n) is 11.3. The topological polar surface area (TPSA) is 55.1 Å². The molecule has 0 aliphatic heterocycles. The normalized spacial score (nSPS) is 13.9. The van der Waals surface area contributed by atoms with Crippen LogP contribution < -0.4 is 11.1 Å². The fourth-order valence-corrected chi connectivity index (χ4v) is 2.51. The number of carbonyl (C=O) groups excluding carboxylic acids is 1. The summed E-state index contributed by atoms with van der Waals surface area (Å²) >= 11 is 9.34. The first-order valence-electron chi connectivity index (χ1n) is 6.48. The van der Waals surface area contributed by atoms with Gasteiger partial charge in [0.05, 0.1) is 5.02 Å². The van der Waals surface area contributed by atoms with Crippen molar-refractivity contribution in [2.45, 2.75) is 45.1 Å². The van der Waals surface area contributed by atoms with E-state index in [0.29, 0.717) is 11.4 Å². The van der Waals surface area contributed by atoms with Crippen molar-refractivity contribution in [2.75, 3.05) is 5.32 Å². The highest BCUT2D eigenvalue weighted by atomic mass is 79.9. The highest BCUT2D eigenvalue weighted by Gasteiger charge is 2.33. The van der Waals surface area contributed by atoms with Crippen molar-refractivity contribution in [3.05, 3.63) is 27.7 Å². The molecular formula is C14H20BrClN2O. The molecule has 3 N–H and O–H groups in total. The second-order valence-corrected chi connectivity index (χ2v) is 5.92. The fraction of sp³-hybridized carbons (Fsp3) is 0.500. The molecule has 1 rings (SSSR count). The van der Waals surface area contributed by atoms with Crippen LogP contribution >= 0.6 is 27.5 Å². The highest BCUT2D eigenvalue weighted by molar-refractivity contribution is 9.10. The number of benzene rings is 1. The first-order chi connectivity index (χ1) is 8.95. The van der Waals surface area contributed by atoms with E-state index < -0.39 is 5.54 Å². The molecule has 0 bridgehead atoms. The number of primary amides is 1. The van der Waals surface area contributed by atoms with Gasteiger partial charge in [-0.1, -0.05) is 38.3 Å². The third-order valence-electron chi connectivity index (χ3n) is 3.34. The van der Waals surface area contributed by atoms with E-state index >= 15 is 0 Å². The van der Waals surface area contributed by atoms with Gasteiger partial charge in [0, 0.05) is 10.2 Å². The van der Waals surface area contributed by atoms with E-state index in [1.165, 1.54) is 0 Å². The van der Waals surface area contributed by atoms with Crippen LogP contribution in [0.25, 0.3) is 0 Å². The van der Waals surface area contributed by atoms with Crippen molar-refractivity contribution in [1.29, 1.82) is 0 Å². The van der Waals surface area contributed by atoms with Gasteiger partial charge in [0.1, 0.15) is 5.54 Å². The third-order valence-corrected chi connectivity index (χ3v) is 4.55. The molecular weight excluding hydrogens is 328 g/mol. The van der Waals surface area contributed by atoms with Gasteiger partial charge in [0.2, 0.25) is 5.91 Å². The first-order valence-corrected chi connectivity index (χ1v) is 7.65. The lowest BCUT2D eigenvalue weighted by Gasteiger charge is -2.32. The van der Waals surface area contributed by atoms with Gasteiger partial charge in [0.25, 0.3) is 0 Å². The zero-order valence-corrected chi connectivity index (χ0v) is 13.6. The summed E-state index contributed by atoms with van der Waals surface area (Å²) in [5.41, 5.74) is 5.75. The molecule has 3 nitrogen and oxygen atoms in total. The molecule has 1 unspecified atom stereocenters. The van der Waals surface area contributed by atoms with Crippen LogP contribution in [-0.2, 0) is 4.79 Å². The molecule has 1 aromatic carbocycles. The Labute approximate surface area is 128 Å². The number of nitrogens with two attached hydrogens (primary N) is 1. The first kappa shape index (κ1) is 16.3. The van der Waals surface area contributed by atoms with Crippen molar-refractivity contribution >= 4 is 39.1 Å². The number of unbranched alkanes of at least 4 members (excludes halogenated alkanes) is 1. The van der Waals surface area contributed by atoms with Crippen molar-refractivity contribution in [3.63, 3.8) is 0 Å². The number of halogens is 2. The van der Waals surface area contributed by atoms with Crippen molar-refractivity contribution < 1.29 is 4.79 Å². The molecule has 0 saturated heterocycles. The average Bonchev–Trinajstić information content (AvgIpc) is 2.38. The van der Waals surface area contributed by atoms with Gasteiger partial charge in [0.15, 0.2) is 0 Å². The molecule has 1 aromatic rings. The summed E-state index contributed by atoms with van der Waals surface area (Å²) in [4.78, 5) is 11.8. The molecule has 0 aromatic heterocycles. The molecule has 0 aliphatic rings. The quantitative estimate of drug-likeness (QED) is 0.771. The molecule has 0 heterocycles. The number of hydrogen-bond acceptors (Lipinski definition) is 2. The van der Waals surface area contributed by atoms with Gasteiger partial charge in [-0.15, -0.1) is 0 Å². The molecule has 0 fully saturated rings. The van der Waals surface area contributed by atoms with Crippen LogP contribution in [0, 0.1) is 0 Å². The number of amides is 1. The van der Waals surface area contributed by atoms with Crippen LogP contribution in [0.3, 0.4) is 0 Å². The second kappa shape index (κ2) is 7.15. The third kappa shape index (κ3) is 4.11. The summed E-state index contributed by atoms with van der Waals surface area (Å²) in [6, 6.07) is 5.50. The summed E-state index contributed by atoms with van der Waals surface area (Å²) < 4.78 is 0.795. The Morgan fingerprint density at radius 2 is 2.16 bits per heavy atom. The van der Waals surface area contributed by atoms with Gasteiger partial charge in [-0.2, -0.15) is 0 Å². The Morgan fingerprint density at radius 3 is 2.63 bits per heavy atom. The summed E-state index contributed by atoms with van der Waals surface area (Å²) in [6.45, 7) is 4.07. The summed E-state index contributed by atoms with van der Waals surface area (Å²) in [7, 11) is 0. The van der Waals surface area contributed by atoms with Crippen LogP contribution in [0.1, 0.15) is 39.5 Å². The molecule has 0 saturated carbocycles. The second-order valence-electron chi connectivity index (χ2n) is 4.66. The van der Waals surface area contributed by atoms with E-state index in [4.69, 9.17) is 17.3 Å². The molecule has 19 heavy (non-hydrogen) atoms. The maximum atomic E-state index is 11.8. The van der Waals surface area contributed by atoms with Gasteiger partial charge in [-0.05, 0) is 47.0 Å². The number of anilines is 1. The summed E-state index contributed by atoms with van der Waals surface area (Å²) in [5.74, 6) is -0.311. The van der Waals surface area contributed by atoms with Crippen molar-refractivity contribution in [1.82, 2.24) is 0 Å². The Bertz CT molecular complexity index is 453. The van der Waals surface area contributed by atoms with Crippen LogP contribution in [0.15, 0.2) is 22.7 Å². The smallest absolute Gasteiger partial charge is 0.243 e. The number of rotatable bonds is 7. The lowest BCUT2D eigenvalue weighted by atomic mass is 9.88. The minimum absolute atomic E-state index is 0.311. The maximum Gasteiger partial charge on any atom is 0.243 e. The predicted octanol–water partition coefficient (Wildman–Crippen LogP) is 4.34. The van der Waals surface area contributed by atoms with Gasteiger partial charge in [-0.3, -0.25) is 4.79 Å². The van der Waals surface area contributed by atoms with E-state index in [1.54, 1.807) is 6.07 Å². The van der Waals surface area contributed by atoms with E-state index in [-0.39, 0.29) is 5.91 Å². The number of hydrogen-bond donors (Lipinski definition) is 2. The Hall–Kier alpha value is -0.740. The van der Waals surface area contributed by atoms with Gasteiger partial charge in [-0.25, -0.2) is 0 Å². The largest absolute Gasteiger partial charge is 0.371 e. The van der Waals surface area contributed by atoms with E-state index in [1.807, 2.05) is 19.1 Å². The van der Waals surface area contributed by atoms with Crippen LogP contribution in [-0.4, -0.2) is 11.4 Å². The fourth-order valence-electron chi connectivity index (χ4n) is 2.02. The van der Waals surface area contributed by atoms with E-state index in [9.17, 15) is 4.79 Å². The summed E-state index contributed by atoms with van der Waals surface area (Å²) in [6.07, 6.45) is 3.37. The Kier molecular flexibility index (Phi) is 6.14. The molecule has 1 atom stereocenters. The SMILES string of the molecule is CCCCC(CC)(Nc1ccc(Cl)c(Br)c1)C(N)=O. The molecule has 0 aliphatic carbocycles. The Morgan fingerprint density at radius 1 is 1.47 bits per heavy atom. The maximum absolute atomic E-state index is 11.8. The van der Waals surface area contributed by atoms with Crippen LogP contribution in [0.5, 0.6) is 0 Å². The lowest BCUT2D eigenvalue weighted by molar-refractivity contribution is -0.122.